The highest BCUT2D eigenvalue weighted by molar-refractivity contribution is 5.76. The number of hydrogen-bond acceptors (Lipinski definition) is 2. The molecule has 0 saturated carbocycles. The lowest BCUT2D eigenvalue weighted by Gasteiger charge is -2.34. The SMILES string of the molecule is C=CCCCCNC(=O)N1CC(C)CC(C(=O)O)C1. The Bertz CT molecular complexity index is 331. The van der Waals surface area contributed by atoms with Crippen LogP contribution in [0.2, 0.25) is 0 Å². The predicted molar refractivity (Wildman–Crippen MR) is 73.9 cm³/mol. The van der Waals surface area contributed by atoms with E-state index in [-0.39, 0.29) is 11.9 Å². The van der Waals surface area contributed by atoms with Crippen LogP contribution in [0, 0.1) is 11.8 Å². The molecule has 1 heterocycles. The average molecular weight is 268 g/mol. The third-order valence-corrected chi connectivity index (χ3v) is 3.41. The van der Waals surface area contributed by atoms with E-state index in [0.717, 1.165) is 19.3 Å². The van der Waals surface area contributed by atoms with Gasteiger partial charge in [0.15, 0.2) is 0 Å². The molecule has 5 heteroatoms. The van der Waals surface area contributed by atoms with E-state index in [4.69, 9.17) is 5.11 Å². The Morgan fingerprint density at radius 1 is 1.42 bits per heavy atom. The second kappa shape index (κ2) is 7.81. The van der Waals surface area contributed by atoms with E-state index in [1.807, 2.05) is 13.0 Å². The van der Waals surface area contributed by atoms with Gasteiger partial charge >= 0.3 is 12.0 Å². The molecule has 0 aromatic rings. The Kier molecular flexibility index (Phi) is 6.39. The van der Waals surface area contributed by atoms with Crippen LogP contribution in [0.25, 0.3) is 0 Å². The quantitative estimate of drug-likeness (QED) is 0.572. The number of carboxylic acid groups (broad SMARTS) is 1. The van der Waals surface area contributed by atoms with Gasteiger partial charge in [-0.2, -0.15) is 0 Å². The van der Waals surface area contributed by atoms with Crippen LogP contribution in [-0.2, 0) is 4.79 Å². The largest absolute Gasteiger partial charge is 0.481 e. The van der Waals surface area contributed by atoms with E-state index >= 15 is 0 Å². The number of likely N-dealkylation sites (tertiary alicyclic amines) is 1. The van der Waals surface area contributed by atoms with Crippen LogP contribution in [0.3, 0.4) is 0 Å². The van der Waals surface area contributed by atoms with Crippen molar-refractivity contribution in [1.82, 2.24) is 10.2 Å². The summed E-state index contributed by atoms with van der Waals surface area (Å²) in [4.78, 5) is 24.6. The standard InChI is InChI=1S/C14H24N2O3/c1-3-4-5-6-7-15-14(19)16-9-11(2)8-12(10-16)13(17)18/h3,11-12H,1,4-10H2,2H3,(H,15,19)(H,17,18). The van der Waals surface area contributed by atoms with Gasteiger partial charge in [-0.05, 0) is 31.6 Å². The van der Waals surface area contributed by atoms with Crippen molar-refractivity contribution in [2.24, 2.45) is 11.8 Å². The van der Waals surface area contributed by atoms with Gasteiger partial charge < -0.3 is 15.3 Å². The average Bonchev–Trinajstić information content (AvgIpc) is 2.37. The molecule has 0 spiro atoms. The molecule has 2 unspecified atom stereocenters. The minimum absolute atomic E-state index is 0.142. The molecule has 1 saturated heterocycles. The van der Waals surface area contributed by atoms with Crippen LogP contribution in [0.1, 0.15) is 32.6 Å². The summed E-state index contributed by atoms with van der Waals surface area (Å²) in [6, 6.07) is -0.142. The number of amides is 2. The number of nitrogens with one attached hydrogen (secondary N) is 1. The highest BCUT2D eigenvalue weighted by Crippen LogP contribution is 2.21. The summed E-state index contributed by atoms with van der Waals surface area (Å²) < 4.78 is 0. The number of allylic oxidation sites excluding steroid dienone is 1. The molecule has 0 radical (unpaired) electrons. The van der Waals surface area contributed by atoms with Crippen molar-refractivity contribution in [2.75, 3.05) is 19.6 Å². The lowest BCUT2D eigenvalue weighted by Crippen LogP contribution is -2.49. The number of piperidine rings is 1. The van der Waals surface area contributed by atoms with Crippen molar-refractivity contribution >= 4 is 12.0 Å². The van der Waals surface area contributed by atoms with E-state index in [9.17, 15) is 9.59 Å². The molecule has 2 N–H and O–H groups in total. The molecule has 2 atom stereocenters. The van der Waals surface area contributed by atoms with Gasteiger partial charge in [0.2, 0.25) is 0 Å². The third kappa shape index (κ3) is 5.32. The predicted octanol–water partition coefficient (Wildman–Crippen LogP) is 2.09. The molecule has 1 rings (SSSR count). The number of carboxylic acids is 1. The summed E-state index contributed by atoms with van der Waals surface area (Å²) in [5.74, 6) is -1.01. The molecule has 5 nitrogen and oxygen atoms in total. The highest BCUT2D eigenvalue weighted by Gasteiger charge is 2.31. The second-order valence-electron chi connectivity index (χ2n) is 5.30. The second-order valence-corrected chi connectivity index (χ2v) is 5.30. The maximum absolute atomic E-state index is 11.9. The summed E-state index contributed by atoms with van der Waals surface area (Å²) >= 11 is 0. The lowest BCUT2D eigenvalue weighted by atomic mass is 9.91. The van der Waals surface area contributed by atoms with Gasteiger partial charge in [-0.1, -0.05) is 13.0 Å². The first-order valence-corrected chi connectivity index (χ1v) is 6.91. The van der Waals surface area contributed by atoms with Gasteiger partial charge in [0.1, 0.15) is 0 Å². The Morgan fingerprint density at radius 3 is 2.79 bits per heavy atom. The maximum Gasteiger partial charge on any atom is 0.317 e. The van der Waals surface area contributed by atoms with Gasteiger partial charge in [-0.15, -0.1) is 6.58 Å². The molecule has 0 aliphatic carbocycles. The van der Waals surface area contributed by atoms with Gasteiger partial charge in [0.25, 0.3) is 0 Å². The summed E-state index contributed by atoms with van der Waals surface area (Å²) in [6.07, 6.45) is 5.41. The Balaban J connectivity index is 2.34. The van der Waals surface area contributed by atoms with Crippen LogP contribution in [0.5, 0.6) is 0 Å². The molecule has 19 heavy (non-hydrogen) atoms. The van der Waals surface area contributed by atoms with Crippen LogP contribution >= 0.6 is 0 Å². The molecular weight excluding hydrogens is 244 g/mol. The molecule has 1 fully saturated rings. The first kappa shape index (κ1) is 15.5. The highest BCUT2D eigenvalue weighted by atomic mass is 16.4. The number of rotatable bonds is 6. The maximum atomic E-state index is 11.9. The molecule has 2 amide bonds. The molecule has 0 aromatic carbocycles. The minimum atomic E-state index is -0.810. The zero-order valence-corrected chi connectivity index (χ0v) is 11.6. The van der Waals surface area contributed by atoms with Crippen molar-refractivity contribution in [3.8, 4) is 0 Å². The number of carbonyl (C=O) groups is 2. The number of aliphatic carboxylic acids is 1. The smallest absolute Gasteiger partial charge is 0.317 e. The van der Waals surface area contributed by atoms with Crippen LogP contribution in [0.4, 0.5) is 4.79 Å². The molecule has 0 bridgehead atoms. The monoisotopic (exact) mass is 268 g/mol. The van der Waals surface area contributed by atoms with Crippen molar-refractivity contribution in [2.45, 2.75) is 32.6 Å². The molecule has 0 aromatic heterocycles. The molecule has 1 aliphatic rings. The Labute approximate surface area is 114 Å². The summed E-state index contributed by atoms with van der Waals surface area (Å²) in [6.45, 7) is 7.23. The third-order valence-electron chi connectivity index (χ3n) is 3.41. The first-order chi connectivity index (χ1) is 9.04. The number of carbonyl (C=O) groups excluding carboxylic acids is 1. The van der Waals surface area contributed by atoms with E-state index in [2.05, 4.69) is 11.9 Å². The Morgan fingerprint density at radius 2 is 2.16 bits per heavy atom. The molecular formula is C14H24N2O3. The van der Waals surface area contributed by atoms with Crippen molar-refractivity contribution in [3.05, 3.63) is 12.7 Å². The molecule has 1 aliphatic heterocycles. The fourth-order valence-corrected chi connectivity index (χ4v) is 2.42. The minimum Gasteiger partial charge on any atom is -0.481 e. The van der Waals surface area contributed by atoms with E-state index < -0.39 is 11.9 Å². The van der Waals surface area contributed by atoms with E-state index in [0.29, 0.717) is 26.1 Å². The number of unbranched alkanes of at least 4 members (excludes halogenated alkanes) is 2. The van der Waals surface area contributed by atoms with E-state index in [1.54, 1.807) is 4.90 Å². The summed E-state index contributed by atoms with van der Waals surface area (Å²) in [5, 5.41) is 11.9. The van der Waals surface area contributed by atoms with Gasteiger partial charge in [-0.3, -0.25) is 4.79 Å². The van der Waals surface area contributed by atoms with Crippen molar-refractivity contribution in [3.63, 3.8) is 0 Å². The van der Waals surface area contributed by atoms with Crippen molar-refractivity contribution < 1.29 is 14.7 Å². The van der Waals surface area contributed by atoms with Crippen molar-refractivity contribution in [1.29, 1.82) is 0 Å². The van der Waals surface area contributed by atoms with Crippen LogP contribution in [-0.4, -0.2) is 41.6 Å². The fraction of sp³-hybridized carbons (Fsp3) is 0.714. The fourth-order valence-electron chi connectivity index (χ4n) is 2.42. The number of urea groups is 1. The van der Waals surface area contributed by atoms with Gasteiger partial charge in [-0.25, -0.2) is 4.79 Å². The summed E-state index contributed by atoms with van der Waals surface area (Å²) in [5.41, 5.74) is 0. The van der Waals surface area contributed by atoms with Crippen LogP contribution in [0.15, 0.2) is 12.7 Å². The zero-order chi connectivity index (χ0) is 14.3. The first-order valence-electron chi connectivity index (χ1n) is 6.91. The number of nitrogens with zero attached hydrogens (tertiary/aromatic N) is 1. The Hall–Kier alpha value is -1.52. The van der Waals surface area contributed by atoms with Gasteiger partial charge in [0.05, 0.1) is 5.92 Å². The normalized spacial score (nSPS) is 22.9. The molecule has 108 valence electrons. The van der Waals surface area contributed by atoms with Gasteiger partial charge in [0, 0.05) is 19.6 Å². The van der Waals surface area contributed by atoms with E-state index in [1.165, 1.54) is 0 Å². The summed E-state index contributed by atoms with van der Waals surface area (Å²) in [7, 11) is 0. The lowest BCUT2D eigenvalue weighted by molar-refractivity contribution is -0.143. The van der Waals surface area contributed by atoms with Crippen LogP contribution < -0.4 is 5.32 Å². The zero-order valence-electron chi connectivity index (χ0n) is 11.6. The topological polar surface area (TPSA) is 69.6 Å². The number of hydrogen-bond donors (Lipinski definition) is 2.